The molecule has 0 N–H and O–H groups in total. The van der Waals surface area contributed by atoms with Gasteiger partial charge >= 0.3 is 5.97 Å². The topological polar surface area (TPSA) is 35.5 Å². The highest BCUT2D eigenvalue weighted by atomic mass is 16.6. The third-order valence-electron chi connectivity index (χ3n) is 8.19. The minimum Gasteiger partial charge on any atom is -0.461 e. The van der Waals surface area contributed by atoms with Gasteiger partial charge in [-0.3, -0.25) is 4.79 Å². The van der Waals surface area contributed by atoms with Gasteiger partial charge in [-0.25, -0.2) is 0 Å². The first-order chi connectivity index (χ1) is 17.8. The van der Waals surface area contributed by atoms with Crippen LogP contribution in [0, 0.1) is 11.8 Å². The second-order valence-electron chi connectivity index (χ2n) is 11.4. The molecule has 0 aromatic rings. The van der Waals surface area contributed by atoms with Crippen molar-refractivity contribution >= 4 is 5.97 Å². The van der Waals surface area contributed by atoms with Gasteiger partial charge in [-0.15, -0.1) is 0 Å². The molecule has 0 aliphatic carbocycles. The molecule has 0 spiro atoms. The van der Waals surface area contributed by atoms with E-state index in [9.17, 15) is 4.79 Å². The molecule has 2 aliphatic rings. The SMILES string of the molecule is CCCCCC=CCC=CCCCCCCCC(CC1OC(=O)C1CCCCCC)C1CCCCO1. The summed E-state index contributed by atoms with van der Waals surface area (Å²) in [5.41, 5.74) is 0. The molecule has 2 rings (SSSR count). The molecule has 3 heteroatoms. The fraction of sp³-hybridized carbons (Fsp3) is 0.848. The lowest BCUT2D eigenvalue weighted by Gasteiger charge is -2.40. The zero-order valence-electron chi connectivity index (χ0n) is 23.9. The standard InChI is InChI=1S/C33H58O3/c1-3-5-7-9-10-11-12-13-14-15-16-17-18-19-20-24-29(31-26-22-23-27-35-31)28-32-30(33(34)36-32)25-21-8-6-4-2/h10-11,13-14,29-32H,3-9,12,15-28H2,1-2H3. The number of rotatable bonds is 22. The lowest BCUT2D eigenvalue weighted by Crippen LogP contribution is -2.47. The summed E-state index contributed by atoms with van der Waals surface area (Å²) in [4.78, 5) is 12.1. The van der Waals surface area contributed by atoms with Crippen LogP contribution in [0.3, 0.4) is 0 Å². The Kier molecular flexibility index (Phi) is 18.1. The van der Waals surface area contributed by atoms with Crippen molar-refractivity contribution in [3.63, 3.8) is 0 Å². The summed E-state index contributed by atoms with van der Waals surface area (Å²) >= 11 is 0. The Balaban J connectivity index is 1.58. The maximum Gasteiger partial charge on any atom is 0.313 e. The summed E-state index contributed by atoms with van der Waals surface area (Å²) < 4.78 is 11.9. The molecule has 2 aliphatic heterocycles. The maximum atomic E-state index is 12.1. The molecule has 4 unspecified atom stereocenters. The van der Waals surface area contributed by atoms with Gasteiger partial charge in [-0.2, -0.15) is 0 Å². The van der Waals surface area contributed by atoms with Gasteiger partial charge in [0.1, 0.15) is 6.10 Å². The van der Waals surface area contributed by atoms with Crippen LogP contribution in [0.5, 0.6) is 0 Å². The van der Waals surface area contributed by atoms with E-state index in [0.717, 1.165) is 25.9 Å². The van der Waals surface area contributed by atoms with Crippen LogP contribution in [0.1, 0.15) is 149 Å². The van der Waals surface area contributed by atoms with Gasteiger partial charge in [0.25, 0.3) is 0 Å². The van der Waals surface area contributed by atoms with E-state index < -0.39 is 0 Å². The van der Waals surface area contributed by atoms with Gasteiger partial charge in [0.05, 0.1) is 12.0 Å². The summed E-state index contributed by atoms with van der Waals surface area (Å²) in [7, 11) is 0. The zero-order valence-corrected chi connectivity index (χ0v) is 23.9. The van der Waals surface area contributed by atoms with Crippen LogP contribution in [-0.4, -0.2) is 24.8 Å². The Morgan fingerprint density at radius 3 is 2.17 bits per heavy atom. The van der Waals surface area contributed by atoms with Crippen molar-refractivity contribution in [2.24, 2.45) is 11.8 Å². The third-order valence-corrected chi connectivity index (χ3v) is 8.19. The lowest BCUT2D eigenvalue weighted by atomic mass is 9.80. The number of unbranched alkanes of at least 4 members (excludes halogenated alkanes) is 11. The molecule has 2 saturated heterocycles. The van der Waals surface area contributed by atoms with E-state index in [1.165, 1.54) is 116 Å². The summed E-state index contributed by atoms with van der Waals surface area (Å²) in [5.74, 6) is 0.758. The second kappa shape index (κ2) is 20.9. The number of carbonyl (C=O) groups excluding carboxylic acids is 1. The minimum atomic E-state index is 0.0526. The van der Waals surface area contributed by atoms with E-state index in [0.29, 0.717) is 12.0 Å². The molecular weight excluding hydrogens is 444 g/mol. The average Bonchev–Trinajstić information content (AvgIpc) is 2.90. The van der Waals surface area contributed by atoms with Crippen molar-refractivity contribution < 1.29 is 14.3 Å². The Morgan fingerprint density at radius 2 is 1.47 bits per heavy atom. The Bertz CT molecular complexity index is 590. The molecule has 2 heterocycles. The molecule has 0 amide bonds. The first-order valence-electron chi connectivity index (χ1n) is 15.9. The van der Waals surface area contributed by atoms with Crippen LogP contribution in [0.2, 0.25) is 0 Å². The third kappa shape index (κ3) is 13.5. The molecule has 3 nitrogen and oxygen atoms in total. The zero-order chi connectivity index (χ0) is 25.7. The Hall–Kier alpha value is -1.09. The van der Waals surface area contributed by atoms with E-state index in [1.54, 1.807) is 0 Å². The van der Waals surface area contributed by atoms with Crippen LogP contribution in [0.25, 0.3) is 0 Å². The van der Waals surface area contributed by atoms with E-state index in [-0.39, 0.29) is 18.0 Å². The molecule has 2 fully saturated rings. The van der Waals surface area contributed by atoms with Crippen molar-refractivity contribution in [2.75, 3.05) is 6.61 Å². The van der Waals surface area contributed by atoms with E-state index in [4.69, 9.17) is 9.47 Å². The normalized spacial score (nSPS) is 23.3. The van der Waals surface area contributed by atoms with Gasteiger partial charge < -0.3 is 9.47 Å². The molecule has 36 heavy (non-hydrogen) atoms. The number of hydrogen-bond acceptors (Lipinski definition) is 3. The predicted octanol–water partition coefficient (Wildman–Crippen LogP) is 9.89. The molecule has 0 radical (unpaired) electrons. The van der Waals surface area contributed by atoms with E-state index in [1.807, 2.05) is 0 Å². The number of ether oxygens (including phenoxy) is 2. The molecular formula is C33H58O3. The number of cyclic esters (lactones) is 1. The molecule has 208 valence electrons. The molecule has 0 aromatic carbocycles. The summed E-state index contributed by atoms with van der Waals surface area (Å²) in [6, 6.07) is 0. The smallest absolute Gasteiger partial charge is 0.313 e. The number of esters is 1. The van der Waals surface area contributed by atoms with E-state index >= 15 is 0 Å². The van der Waals surface area contributed by atoms with Gasteiger partial charge in [0.2, 0.25) is 0 Å². The van der Waals surface area contributed by atoms with Crippen molar-refractivity contribution in [3.05, 3.63) is 24.3 Å². The van der Waals surface area contributed by atoms with Crippen LogP contribution < -0.4 is 0 Å². The second-order valence-corrected chi connectivity index (χ2v) is 11.4. The summed E-state index contributed by atoms with van der Waals surface area (Å²) in [5, 5.41) is 0. The molecule has 0 aromatic heterocycles. The fourth-order valence-electron chi connectivity index (χ4n) is 5.81. The monoisotopic (exact) mass is 502 g/mol. The lowest BCUT2D eigenvalue weighted by molar-refractivity contribution is -0.189. The largest absolute Gasteiger partial charge is 0.461 e. The Morgan fingerprint density at radius 1 is 0.806 bits per heavy atom. The van der Waals surface area contributed by atoms with Gasteiger partial charge in [-0.1, -0.05) is 102 Å². The number of carbonyl (C=O) groups is 1. The average molecular weight is 503 g/mol. The predicted molar refractivity (Wildman–Crippen MR) is 153 cm³/mol. The maximum absolute atomic E-state index is 12.1. The van der Waals surface area contributed by atoms with Crippen molar-refractivity contribution in [3.8, 4) is 0 Å². The highest BCUT2D eigenvalue weighted by Gasteiger charge is 2.43. The van der Waals surface area contributed by atoms with Crippen molar-refractivity contribution in [1.82, 2.24) is 0 Å². The van der Waals surface area contributed by atoms with Crippen LogP contribution >= 0.6 is 0 Å². The number of allylic oxidation sites excluding steroid dienone is 4. The first kappa shape index (κ1) is 31.1. The van der Waals surface area contributed by atoms with Crippen LogP contribution in [0.4, 0.5) is 0 Å². The van der Waals surface area contributed by atoms with Crippen LogP contribution in [-0.2, 0) is 14.3 Å². The first-order valence-corrected chi connectivity index (χ1v) is 15.9. The molecule has 0 saturated carbocycles. The molecule has 4 atom stereocenters. The highest BCUT2D eigenvalue weighted by Crippen LogP contribution is 2.36. The molecule has 0 bridgehead atoms. The fourth-order valence-corrected chi connectivity index (χ4v) is 5.81. The highest BCUT2D eigenvalue weighted by molar-refractivity contribution is 5.78. The van der Waals surface area contributed by atoms with Crippen LogP contribution in [0.15, 0.2) is 24.3 Å². The van der Waals surface area contributed by atoms with Gasteiger partial charge in [0.15, 0.2) is 0 Å². The van der Waals surface area contributed by atoms with Crippen molar-refractivity contribution in [2.45, 2.75) is 161 Å². The van der Waals surface area contributed by atoms with Gasteiger partial charge in [0, 0.05) is 6.61 Å². The minimum absolute atomic E-state index is 0.0526. The van der Waals surface area contributed by atoms with Crippen molar-refractivity contribution in [1.29, 1.82) is 0 Å². The van der Waals surface area contributed by atoms with E-state index in [2.05, 4.69) is 38.2 Å². The summed E-state index contributed by atoms with van der Waals surface area (Å²) in [6.45, 7) is 5.41. The summed E-state index contributed by atoms with van der Waals surface area (Å²) in [6.07, 6.45) is 35.9. The number of hydrogen-bond donors (Lipinski definition) is 0. The Labute approximate surface area is 223 Å². The van der Waals surface area contributed by atoms with Gasteiger partial charge in [-0.05, 0) is 76.5 Å². The quantitative estimate of drug-likeness (QED) is 0.0839.